The van der Waals surface area contributed by atoms with Gasteiger partial charge in [-0.3, -0.25) is 0 Å². The molecule has 0 atom stereocenters. The van der Waals surface area contributed by atoms with Gasteiger partial charge in [0.15, 0.2) is 0 Å². The number of hydrogen-bond acceptors (Lipinski definition) is 4. The van der Waals surface area contributed by atoms with Crippen molar-refractivity contribution in [3.63, 3.8) is 0 Å². The molecule has 1 rings (SSSR count). The minimum atomic E-state index is -0.711. The van der Waals surface area contributed by atoms with Crippen LogP contribution in [0, 0.1) is 0 Å². The van der Waals surface area contributed by atoms with E-state index in [1.54, 1.807) is 18.2 Å². The van der Waals surface area contributed by atoms with Crippen molar-refractivity contribution in [2.45, 2.75) is 6.54 Å². The zero-order valence-electron chi connectivity index (χ0n) is 8.82. The molecular weight excluding hydrogens is 210 g/mol. The van der Waals surface area contributed by atoms with Gasteiger partial charge < -0.3 is 21.5 Å². The van der Waals surface area contributed by atoms with Gasteiger partial charge in [0.05, 0.1) is 12.7 Å². The van der Waals surface area contributed by atoms with E-state index in [0.717, 1.165) is 0 Å². The fourth-order valence-corrected chi connectivity index (χ4v) is 1.36. The van der Waals surface area contributed by atoms with E-state index in [0.29, 0.717) is 16.8 Å². The Labute approximate surface area is 92.6 Å². The van der Waals surface area contributed by atoms with Gasteiger partial charge in [-0.1, -0.05) is 6.07 Å². The highest BCUT2D eigenvalue weighted by molar-refractivity contribution is 5.95. The summed E-state index contributed by atoms with van der Waals surface area (Å²) >= 11 is 0. The van der Waals surface area contributed by atoms with Gasteiger partial charge in [-0.25, -0.2) is 9.59 Å². The van der Waals surface area contributed by atoms with Gasteiger partial charge >= 0.3 is 12.0 Å². The summed E-state index contributed by atoms with van der Waals surface area (Å²) in [5, 5.41) is 2.39. The lowest BCUT2D eigenvalue weighted by atomic mass is 10.1. The van der Waals surface area contributed by atoms with E-state index in [2.05, 4.69) is 10.1 Å². The van der Waals surface area contributed by atoms with E-state index in [4.69, 9.17) is 11.5 Å². The molecular formula is C10H13N3O3. The van der Waals surface area contributed by atoms with E-state index >= 15 is 0 Å². The van der Waals surface area contributed by atoms with Crippen molar-refractivity contribution in [2.24, 2.45) is 11.5 Å². The second-order valence-corrected chi connectivity index (χ2v) is 3.02. The molecule has 2 amide bonds. The minimum absolute atomic E-state index is 0.0981. The maximum Gasteiger partial charge on any atom is 0.338 e. The summed E-state index contributed by atoms with van der Waals surface area (Å²) in [7, 11) is 1.27. The molecule has 0 spiro atoms. The Hall–Kier alpha value is -2.08. The number of carbonyl (C=O) groups excluding carboxylic acids is 2. The number of nitrogens with one attached hydrogen (secondary N) is 1. The third kappa shape index (κ3) is 2.48. The van der Waals surface area contributed by atoms with Crippen molar-refractivity contribution in [3.05, 3.63) is 29.3 Å². The summed E-state index contributed by atoms with van der Waals surface area (Å²) in [6, 6.07) is 4.08. The summed E-state index contributed by atoms with van der Waals surface area (Å²) in [5.74, 6) is -0.506. The number of methoxy groups -OCH3 is 1. The predicted octanol–water partition coefficient (Wildman–Crippen LogP) is 0.423. The highest BCUT2D eigenvalue weighted by Crippen LogP contribution is 2.20. The summed E-state index contributed by atoms with van der Waals surface area (Å²) in [6.45, 7) is 0.0981. The molecule has 0 saturated carbocycles. The van der Waals surface area contributed by atoms with Crippen molar-refractivity contribution in [2.75, 3.05) is 12.4 Å². The van der Waals surface area contributed by atoms with E-state index in [1.807, 2.05) is 0 Å². The first kappa shape index (κ1) is 12.0. The van der Waals surface area contributed by atoms with Crippen LogP contribution in [-0.2, 0) is 11.3 Å². The Morgan fingerprint density at radius 3 is 2.62 bits per heavy atom. The number of carbonyl (C=O) groups is 2. The molecule has 0 aliphatic carbocycles. The van der Waals surface area contributed by atoms with Crippen molar-refractivity contribution >= 4 is 17.7 Å². The topological polar surface area (TPSA) is 107 Å². The van der Waals surface area contributed by atoms with E-state index in [-0.39, 0.29) is 6.54 Å². The molecule has 0 heterocycles. The predicted molar refractivity (Wildman–Crippen MR) is 58.9 cm³/mol. The van der Waals surface area contributed by atoms with Crippen molar-refractivity contribution in [3.8, 4) is 0 Å². The Morgan fingerprint density at radius 2 is 2.12 bits per heavy atom. The Kier molecular flexibility index (Phi) is 3.84. The van der Waals surface area contributed by atoms with Gasteiger partial charge in [-0.2, -0.15) is 0 Å². The van der Waals surface area contributed by atoms with Gasteiger partial charge in [-0.15, -0.1) is 0 Å². The molecule has 0 aliphatic heterocycles. The summed E-state index contributed by atoms with van der Waals surface area (Å²) in [4.78, 5) is 22.2. The fourth-order valence-electron chi connectivity index (χ4n) is 1.36. The lowest BCUT2D eigenvalue weighted by Gasteiger charge is -2.11. The fraction of sp³-hybridized carbons (Fsp3) is 0.200. The number of nitrogens with two attached hydrogens (primary N) is 2. The van der Waals surface area contributed by atoms with Crippen LogP contribution < -0.4 is 16.8 Å². The van der Waals surface area contributed by atoms with Crippen molar-refractivity contribution < 1.29 is 14.3 Å². The number of primary amides is 1. The van der Waals surface area contributed by atoms with Gasteiger partial charge in [0.25, 0.3) is 0 Å². The van der Waals surface area contributed by atoms with Crippen LogP contribution in [-0.4, -0.2) is 19.1 Å². The molecule has 0 fully saturated rings. The van der Waals surface area contributed by atoms with Crippen LogP contribution in [0.4, 0.5) is 10.5 Å². The summed E-state index contributed by atoms with van der Waals surface area (Å²) < 4.78 is 4.60. The lowest BCUT2D eigenvalue weighted by molar-refractivity contribution is 0.0599. The molecule has 1 aromatic carbocycles. The third-order valence-electron chi connectivity index (χ3n) is 2.04. The normalized spacial score (nSPS) is 9.62. The molecule has 0 saturated heterocycles. The molecule has 0 radical (unpaired) electrons. The number of urea groups is 1. The molecule has 0 aromatic heterocycles. The van der Waals surface area contributed by atoms with Crippen LogP contribution in [0.1, 0.15) is 15.9 Å². The van der Waals surface area contributed by atoms with Crippen LogP contribution in [0.25, 0.3) is 0 Å². The Morgan fingerprint density at radius 1 is 1.44 bits per heavy atom. The highest BCUT2D eigenvalue weighted by atomic mass is 16.5. The van der Waals surface area contributed by atoms with E-state index in [1.165, 1.54) is 7.11 Å². The number of hydrogen-bond donors (Lipinski definition) is 3. The van der Waals surface area contributed by atoms with Crippen molar-refractivity contribution in [1.29, 1.82) is 0 Å². The molecule has 16 heavy (non-hydrogen) atoms. The molecule has 1 aromatic rings. The lowest BCUT2D eigenvalue weighted by Crippen LogP contribution is -2.22. The maximum atomic E-state index is 11.4. The maximum absolute atomic E-state index is 11.4. The molecule has 5 N–H and O–H groups in total. The molecule has 0 aliphatic rings. The zero-order chi connectivity index (χ0) is 12.1. The largest absolute Gasteiger partial charge is 0.465 e. The molecule has 0 bridgehead atoms. The number of benzene rings is 1. The van der Waals surface area contributed by atoms with Crippen LogP contribution in [0.2, 0.25) is 0 Å². The SMILES string of the molecule is COC(=O)c1cccc(NC(N)=O)c1CN. The smallest absolute Gasteiger partial charge is 0.338 e. The van der Waals surface area contributed by atoms with E-state index in [9.17, 15) is 9.59 Å². The molecule has 6 heteroatoms. The quantitative estimate of drug-likeness (QED) is 0.645. The molecule has 86 valence electrons. The van der Waals surface area contributed by atoms with Crippen molar-refractivity contribution in [1.82, 2.24) is 0 Å². The molecule has 0 unspecified atom stereocenters. The first-order chi connectivity index (χ1) is 7.60. The number of rotatable bonds is 3. The summed E-state index contributed by atoms with van der Waals surface area (Å²) in [6.07, 6.45) is 0. The van der Waals surface area contributed by atoms with Gasteiger partial charge in [-0.05, 0) is 12.1 Å². The standard InChI is InChI=1S/C10H13N3O3/c1-16-9(14)6-3-2-4-8(7(6)5-11)13-10(12)15/h2-4H,5,11H2,1H3,(H3,12,13,15). The summed E-state index contributed by atoms with van der Waals surface area (Å²) in [5.41, 5.74) is 11.7. The van der Waals surface area contributed by atoms with Crippen LogP contribution >= 0.6 is 0 Å². The Balaban J connectivity index is 3.20. The monoisotopic (exact) mass is 223 g/mol. The Bertz CT molecular complexity index is 418. The van der Waals surface area contributed by atoms with Gasteiger partial charge in [0, 0.05) is 17.8 Å². The van der Waals surface area contributed by atoms with Crippen LogP contribution in [0.5, 0.6) is 0 Å². The number of esters is 1. The van der Waals surface area contributed by atoms with E-state index < -0.39 is 12.0 Å². The third-order valence-corrected chi connectivity index (χ3v) is 2.04. The second kappa shape index (κ2) is 5.13. The average Bonchev–Trinajstić information content (AvgIpc) is 2.27. The minimum Gasteiger partial charge on any atom is -0.465 e. The van der Waals surface area contributed by atoms with Crippen LogP contribution in [0.3, 0.4) is 0 Å². The first-order valence-corrected chi connectivity index (χ1v) is 4.57. The van der Waals surface area contributed by atoms with Gasteiger partial charge in [0.2, 0.25) is 0 Å². The average molecular weight is 223 g/mol. The molecule has 6 nitrogen and oxygen atoms in total. The van der Waals surface area contributed by atoms with Gasteiger partial charge in [0.1, 0.15) is 0 Å². The number of amides is 2. The zero-order valence-corrected chi connectivity index (χ0v) is 8.82. The second-order valence-electron chi connectivity index (χ2n) is 3.02. The number of ether oxygens (including phenoxy) is 1. The number of anilines is 1. The first-order valence-electron chi connectivity index (χ1n) is 4.57. The van der Waals surface area contributed by atoms with Crippen LogP contribution in [0.15, 0.2) is 18.2 Å². The highest BCUT2D eigenvalue weighted by Gasteiger charge is 2.14.